The van der Waals surface area contributed by atoms with Gasteiger partial charge in [0.15, 0.2) is 11.5 Å². The monoisotopic (exact) mass is 391 g/mol. The lowest BCUT2D eigenvalue weighted by Crippen LogP contribution is -2.14. The third-order valence-electron chi connectivity index (χ3n) is 4.42. The fraction of sp³-hybridized carbons (Fsp3) is 0.217. The van der Waals surface area contributed by atoms with Crippen LogP contribution in [0.25, 0.3) is 0 Å². The Morgan fingerprint density at radius 1 is 0.966 bits per heavy atom. The molecule has 0 radical (unpaired) electrons. The van der Waals surface area contributed by atoms with Crippen LogP contribution in [0.4, 0.5) is 11.5 Å². The van der Waals surface area contributed by atoms with Crippen LogP contribution in [-0.4, -0.2) is 25.1 Å². The molecule has 2 N–H and O–H groups in total. The average molecular weight is 391 g/mol. The molecule has 1 aromatic heterocycles. The van der Waals surface area contributed by atoms with Gasteiger partial charge >= 0.3 is 0 Å². The van der Waals surface area contributed by atoms with E-state index in [1.54, 1.807) is 32.5 Å². The smallest absolute Gasteiger partial charge is 0.228 e. The highest BCUT2D eigenvalue weighted by molar-refractivity contribution is 5.92. The number of methoxy groups -OCH3 is 2. The van der Waals surface area contributed by atoms with E-state index in [2.05, 4.69) is 40.7 Å². The molecule has 1 heterocycles. The highest BCUT2D eigenvalue weighted by atomic mass is 16.5. The van der Waals surface area contributed by atoms with E-state index >= 15 is 0 Å². The van der Waals surface area contributed by atoms with Gasteiger partial charge in [0.1, 0.15) is 5.82 Å². The fourth-order valence-electron chi connectivity index (χ4n) is 2.97. The lowest BCUT2D eigenvalue weighted by atomic mass is 10.1. The van der Waals surface area contributed by atoms with Gasteiger partial charge < -0.3 is 20.1 Å². The number of nitrogens with one attached hydrogen (secondary N) is 2. The molecule has 0 aliphatic carbocycles. The summed E-state index contributed by atoms with van der Waals surface area (Å²) in [7, 11) is 3.15. The van der Waals surface area contributed by atoms with Crippen molar-refractivity contribution in [2.24, 2.45) is 0 Å². The van der Waals surface area contributed by atoms with Crippen molar-refractivity contribution in [3.63, 3.8) is 0 Å². The van der Waals surface area contributed by atoms with Gasteiger partial charge in [-0.15, -0.1) is 0 Å². The summed E-state index contributed by atoms with van der Waals surface area (Å²) in [6.45, 7) is 2.76. The van der Waals surface area contributed by atoms with Gasteiger partial charge in [0.2, 0.25) is 5.91 Å². The van der Waals surface area contributed by atoms with Gasteiger partial charge in [-0.05, 0) is 42.3 Å². The minimum atomic E-state index is -0.125. The average Bonchev–Trinajstić information content (AvgIpc) is 2.73. The van der Waals surface area contributed by atoms with Crippen LogP contribution in [0, 0.1) is 6.92 Å². The van der Waals surface area contributed by atoms with Gasteiger partial charge in [-0.1, -0.05) is 35.9 Å². The van der Waals surface area contributed by atoms with E-state index in [1.165, 1.54) is 11.1 Å². The molecule has 3 rings (SSSR count). The molecule has 0 saturated carbocycles. The van der Waals surface area contributed by atoms with Crippen molar-refractivity contribution in [1.29, 1.82) is 0 Å². The maximum atomic E-state index is 12.3. The topological polar surface area (TPSA) is 72.5 Å². The lowest BCUT2D eigenvalue weighted by molar-refractivity contribution is -0.115. The summed E-state index contributed by atoms with van der Waals surface area (Å²) in [6.07, 6.45) is 1.87. The first-order valence-corrected chi connectivity index (χ1v) is 9.33. The van der Waals surface area contributed by atoms with E-state index in [9.17, 15) is 4.79 Å². The van der Waals surface area contributed by atoms with Crippen molar-refractivity contribution in [2.75, 3.05) is 24.9 Å². The number of amides is 1. The number of aromatic nitrogens is 1. The second-order valence-electron chi connectivity index (χ2n) is 6.69. The first-order chi connectivity index (χ1) is 14.1. The second kappa shape index (κ2) is 9.59. The third-order valence-corrected chi connectivity index (χ3v) is 4.42. The van der Waals surface area contributed by atoms with Crippen molar-refractivity contribution in [3.8, 4) is 11.5 Å². The number of nitrogens with zero attached hydrogens (tertiary/aromatic N) is 1. The summed E-state index contributed by atoms with van der Waals surface area (Å²) < 4.78 is 10.5. The van der Waals surface area contributed by atoms with E-state index < -0.39 is 0 Å². The molecule has 0 aliphatic heterocycles. The predicted octanol–water partition coefficient (Wildman–Crippen LogP) is 4.20. The van der Waals surface area contributed by atoms with Crippen molar-refractivity contribution in [3.05, 3.63) is 77.5 Å². The molecule has 150 valence electrons. The van der Waals surface area contributed by atoms with Gasteiger partial charge in [0.05, 0.1) is 32.5 Å². The Bertz CT molecular complexity index is 971. The standard InChI is InChI=1S/C23H25N3O3/c1-16-5-4-6-18(11-16)14-24-22-10-8-19(15-25-22)26-23(27)13-17-7-9-20(28-2)21(12-17)29-3/h4-12,15H,13-14H2,1-3H3,(H,24,25)(H,26,27). The molecule has 0 fully saturated rings. The highest BCUT2D eigenvalue weighted by Crippen LogP contribution is 2.27. The summed E-state index contributed by atoms with van der Waals surface area (Å²) >= 11 is 0. The minimum absolute atomic E-state index is 0.125. The quantitative estimate of drug-likeness (QED) is 0.602. The first kappa shape index (κ1) is 20.2. The molecular weight excluding hydrogens is 366 g/mol. The van der Waals surface area contributed by atoms with Gasteiger partial charge in [0, 0.05) is 6.54 Å². The van der Waals surface area contributed by atoms with Crippen LogP contribution >= 0.6 is 0 Å². The van der Waals surface area contributed by atoms with E-state index in [1.807, 2.05) is 24.3 Å². The number of carbonyl (C=O) groups excluding carboxylic acids is 1. The first-order valence-electron chi connectivity index (χ1n) is 9.33. The van der Waals surface area contributed by atoms with Crippen molar-refractivity contribution in [2.45, 2.75) is 19.9 Å². The SMILES string of the molecule is COc1ccc(CC(=O)Nc2ccc(NCc3cccc(C)c3)nc2)cc1OC. The molecule has 0 aliphatic rings. The zero-order valence-corrected chi connectivity index (χ0v) is 16.9. The predicted molar refractivity (Wildman–Crippen MR) is 115 cm³/mol. The van der Waals surface area contributed by atoms with Gasteiger partial charge in [-0.2, -0.15) is 0 Å². The van der Waals surface area contributed by atoms with E-state index in [0.717, 1.165) is 11.4 Å². The van der Waals surface area contributed by atoms with Gasteiger partial charge in [-0.3, -0.25) is 4.79 Å². The van der Waals surface area contributed by atoms with Crippen LogP contribution in [0.3, 0.4) is 0 Å². The maximum absolute atomic E-state index is 12.3. The summed E-state index contributed by atoms with van der Waals surface area (Å²) in [6, 6.07) is 17.4. The Kier molecular flexibility index (Phi) is 6.68. The molecule has 0 saturated heterocycles. The molecule has 29 heavy (non-hydrogen) atoms. The van der Waals surface area contributed by atoms with Crippen molar-refractivity contribution >= 4 is 17.4 Å². The van der Waals surface area contributed by atoms with Crippen molar-refractivity contribution in [1.82, 2.24) is 4.98 Å². The van der Waals surface area contributed by atoms with Gasteiger partial charge in [0.25, 0.3) is 0 Å². The van der Waals surface area contributed by atoms with Gasteiger partial charge in [-0.25, -0.2) is 4.98 Å². The maximum Gasteiger partial charge on any atom is 0.228 e. The number of carbonyl (C=O) groups is 1. The summed E-state index contributed by atoms with van der Waals surface area (Å²) in [4.78, 5) is 16.7. The Morgan fingerprint density at radius 3 is 2.48 bits per heavy atom. The number of pyridine rings is 1. The Balaban J connectivity index is 1.54. The lowest BCUT2D eigenvalue weighted by Gasteiger charge is -2.10. The number of hydrogen-bond donors (Lipinski definition) is 2. The Labute approximate surface area is 170 Å². The van der Waals surface area contributed by atoms with Crippen LogP contribution in [0.15, 0.2) is 60.8 Å². The van der Waals surface area contributed by atoms with E-state index in [-0.39, 0.29) is 12.3 Å². The molecule has 1 amide bonds. The normalized spacial score (nSPS) is 10.3. The largest absolute Gasteiger partial charge is 0.493 e. The second-order valence-corrected chi connectivity index (χ2v) is 6.69. The zero-order chi connectivity index (χ0) is 20.6. The molecule has 0 bridgehead atoms. The Morgan fingerprint density at radius 2 is 1.79 bits per heavy atom. The third kappa shape index (κ3) is 5.72. The summed E-state index contributed by atoms with van der Waals surface area (Å²) in [5.41, 5.74) is 3.91. The van der Waals surface area contributed by atoms with Crippen LogP contribution in [-0.2, 0) is 17.8 Å². The molecule has 6 heteroatoms. The molecule has 2 aromatic carbocycles. The molecule has 6 nitrogen and oxygen atoms in total. The molecule has 0 atom stereocenters. The van der Waals surface area contributed by atoms with E-state index in [4.69, 9.17) is 9.47 Å². The number of aryl methyl sites for hydroxylation is 1. The minimum Gasteiger partial charge on any atom is -0.493 e. The molecule has 3 aromatic rings. The number of ether oxygens (including phenoxy) is 2. The van der Waals surface area contributed by atoms with Crippen LogP contribution in [0.1, 0.15) is 16.7 Å². The van der Waals surface area contributed by atoms with Crippen LogP contribution in [0.5, 0.6) is 11.5 Å². The molecule has 0 unspecified atom stereocenters. The zero-order valence-electron chi connectivity index (χ0n) is 16.9. The number of hydrogen-bond acceptors (Lipinski definition) is 5. The van der Waals surface area contributed by atoms with Crippen LogP contribution in [0.2, 0.25) is 0 Å². The highest BCUT2D eigenvalue weighted by Gasteiger charge is 2.09. The number of rotatable bonds is 8. The summed E-state index contributed by atoms with van der Waals surface area (Å²) in [5.74, 6) is 1.86. The number of anilines is 2. The van der Waals surface area contributed by atoms with E-state index in [0.29, 0.717) is 23.7 Å². The number of benzene rings is 2. The van der Waals surface area contributed by atoms with Crippen LogP contribution < -0.4 is 20.1 Å². The fourth-order valence-corrected chi connectivity index (χ4v) is 2.97. The Hall–Kier alpha value is -3.54. The summed E-state index contributed by atoms with van der Waals surface area (Å²) in [5, 5.41) is 6.15. The molecular formula is C23H25N3O3. The molecule has 0 spiro atoms. The van der Waals surface area contributed by atoms with Crippen molar-refractivity contribution < 1.29 is 14.3 Å².